The minimum absolute atomic E-state index is 0.0331. The molecule has 1 heterocycles. The molecule has 3 heteroatoms. The molecule has 2 nitrogen and oxygen atoms in total. The van der Waals surface area contributed by atoms with Gasteiger partial charge in [-0.1, -0.05) is 12.1 Å². The van der Waals surface area contributed by atoms with Crippen LogP contribution in [-0.4, -0.2) is 6.10 Å². The Labute approximate surface area is 76.5 Å². The van der Waals surface area contributed by atoms with E-state index in [1.54, 1.807) is 6.07 Å². The van der Waals surface area contributed by atoms with Gasteiger partial charge in [-0.25, -0.2) is 4.39 Å². The number of nitrogens with two attached hydrogens (primary N) is 1. The average molecular weight is 181 g/mol. The predicted octanol–water partition coefficient (Wildman–Crippen LogP) is 1.74. The van der Waals surface area contributed by atoms with E-state index in [0.717, 1.165) is 5.56 Å². The van der Waals surface area contributed by atoms with Gasteiger partial charge in [0, 0.05) is 5.56 Å². The Hall–Kier alpha value is -0.930. The molecule has 0 aliphatic carbocycles. The molecular weight excluding hydrogens is 169 g/mol. The lowest BCUT2D eigenvalue weighted by Gasteiger charge is -2.28. The fourth-order valence-corrected chi connectivity index (χ4v) is 1.61. The molecular formula is C10H12FNO. The molecule has 13 heavy (non-hydrogen) atoms. The van der Waals surface area contributed by atoms with Crippen LogP contribution in [0.1, 0.15) is 24.1 Å². The monoisotopic (exact) mass is 181 g/mol. The molecule has 2 N–H and O–H groups in total. The molecule has 70 valence electrons. The van der Waals surface area contributed by atoms with Gasteiger partial charge in [-0.05, 0) is 18.6 Å². The first-order chi connectivity index (χ1) is 6.20. The van der Waals surface area contributed by atoms with Crippen LogP contribution >= 0.6 is 0 Å². The van der Waals surface area contributed by atoms with Gasteiger partial charge in [-0.15, -0.1) is 0 Å². The third-order valence-electron chi connectivity index (χ3n) is 2.51. The van der Waals surface area contributed by atoms with E-state index >= 15 is 0 Å². The molecule has 0 saturated carbocycles. The standard InChI is InChI=1S/C10H12FNO/c1-6-10(12)7-3-2-4-9(11)8(7)5-13-6/h2-4,6,10H,5,12H2,1H3/t6-,10-/m1/s1. The number of halogens is 1. The molecule has 2 rings (SSSR count). The van der Waals surface area contributed by atoms with E-state index < -0.39 is 0 Å². The van der Waals surface area contributed by atoms with Crippen molar-refractivity contribution in [1.29, 1.82) is 0 Å². The van der Waals surface area contributed by atoms with Gasteiger partial charge < -0.3 is 10.5 Å². The summed E-state index contributed by atoms with van der Waals surface area (Å²) in [6, 6.07) is 4.78. The van der Waals surface area contributed by atoms with Crippen LogP contribution in [0.15, 0.2) is 18.2 Å². The summed E-state index contributed by atoms with van der Waals surface area (Å²) < 4.78 is 18.6. The molecule has 1 aliphatic rings. The minimum Gasteiger partial charge on any atom is -0.372 e. The maximum absolute atomic E-state index is 13.2. The van der Waals surface area contributed by atoms with E-state index in [1.807, 2.05) is 13.0 Å². The highest BCUT2D eigenvalue weighted by molar-refractivity contribution is 5.32. The third kappa shape index (κ3) is 1.34. The fraction of sp³-hybridized carbons (Fsp3) is 0.400. The number of fused-ring (bicyclic) bond motifs is 1. The molecule has 0 spiro atoms. The number of benzene rings is 1. The summed E-state index contributed by atoms with van der Waals surface area (Å²) in [4.78, 5) is 0. The summed E-state index contributed by atoms with van der Waals surface area (Å²) in [5.74, 6) is -0.222. The van der Waals surface area contributed by atoms with Gasteiger partial charge >= 0.3 is 0 Å². The Bertz CT molecular complexity index is 327. The molecule has 0 bridgehead atoms. The molecule has 2 atom stereocenters. The van der Waals surface area contributed by atoms with Crippen molar-refractivity contribution in [3.05, 3.63) is 35.1 Å². The Morgan fingerprint density at radius 1 is 1.54 bits per heavy atom. The second kappa shape index (κ2) is 3.09. The first-order valence-electron chi connectivity index (χ1n) is 4.34. The maximum Gasteiger partial charge on any atom is 0.129 e. The second-order valence-electron chi connectivity index (χ2n) is 3.35. The number of hydrogen-bond acceptors (Lipinski definition) is 2. The molecule has 1 aliphatic heterocycles. The van der Waals surface area contributed by atoms with Crippen molar-refractivity contribution in [3.63, 3.8) is 0 Å². The van der Waals surface area contributed by atoms with Crippen molar-refractivity contribution in [1.82, 2.24) is 0 Å². The summed E-state index contributed by atoms with van der Waals surface area (Å²) in [5.41, 5.74) is 7.35. The quantitative estimate of drug-likeness (QED) is 0.661. The van der Waals surface area contributed by atoms with Crippen LogP contribution in [-0.2, 0) is 11.3 Å². The first-order valence-corrected chi connectivity index (χ1v) is 4.34. The first kappa shape index (κ1) is 8.66. The normalized spacial score (nSPS) is 27.0. The van der Waals surface area contributed by atoms with Crippen LogP contribution in [0, 0.1) is 5.82 Å². The summed E-state index contributed by atoms with van der Waals surface area (Å²) in [6.45, 7) is 2.23. The zero-order valence-corrected chi connectivity index (χ0v) is 7.46. The Balaban J connectivity index is 2.49. The highest BCUT2D eigenvalue weighted by atomic mass is 19.1. The SMILES string of the molecule is C[C@H]1OCc2c(F)cccc2[C@@H]1N. The highest BCUT2D eigenvalue weighted by Crippen LogP contribution is 2.28. The number of ether oxygens (including phenoxy) is 1. The number of rotatable bonds is 0. The average Bonchev–Trinajstić information content (AvgIpc) is 2.12. The van der Waals surface area contributed by atoms with Crippen molar-refractivity contribution in [2.45, 2.75) is 25.7 Å². The van der Waals surface area contributed by atoms with Gasteiger partial charge in [0.1, 0.15) is 5.82 Å². The largest absolute Gasteiger partial charge is 0.372 e. The zero-order chi connectivity index (χ0) is 9.42. The molecule has 0 unspecified atom stereocenters. The van der Waals surface area contributed by atoms with Crippen LogP contribution in [0.25, 0.3) is 0 Å². The van der Waals surface area contributed by atoms with Gasteiger partial charge in [-0.3, -0.25) is 0 Å². The smallest absolute Gasteiger partial charge is 0.129 e. The van der Waals surface area contributed by atoms with Gasteiger partial charge in [0.25, 0.3) is 0 Å². The Kier molecular flexibility index (Phi) is 2.06. The van der Waals surface area contributed by atoms with Crippen LogP contribution in [0.5, 0.6) is 0 Å². The lowest BCUT2D eigenvalue weighted by Crippen LogP contribution is -2.31. The Morgan fingerprint density at radius 2 is 2.31 bits per heavy atom. The lowest BCUT2D eigenvalue weighted by atomic mass is 9.95. The van der Waals surface area contributed by atoms with E-state index in [0.29, 0.717) is 12.2 Å². The molecule has 1 aromatic rings. The van der Waals surface area contributed by atoms with Crippen LogP contribution in [0.4, 0.5) is 4.39 Å². The fourth-order valence-electron chi connectivity index (χ4n) is 1.61. The second-order valence-corrected chi connectivity index (χ2v) is 3.35. The van der Waals surface area contributed by atoms with Crippen molar-refractivity contribution < 1.29 is 9.13 Å². The van der Waals surface area contributed by atoms with Crippen LogP contribution < -0.4 is 5.73 Å². The number of hydrogen-bond donors (Lipinski definition) is 1. The third-order valence-corrected chi connectivity index (χ3v) is 2.51. The van der Waals surface area contributed by atoms with Gasteiger partial charge in [0.15, 0.2) is 0 Å². The summed E-state index contributed by atoms with van der Waals surface area (Å²) in [5, 5.41) is 0. The predicted molar refractivity (Wildman–Crippen MR) is 47.6 cm³/mol. The van der Waals surface area contributed by atoms with E-state index in [9.17, 15) is 4.39 Å². The van der Waals surface area contributed by atoms with E-state index in [-0.39, 0.29) is 18.0 Å². The lowest BCUT2D eigenvalue weighted by molar-refractivity contribution is 0.0194. The summed E-state index contributed by atoms with van der Waals surface area (Å²) >= 11 is 0. The van der Waals surface area contributed by atoms with Crippen molar-refractivity contribution >= 4 is 0 Å². The summed E-state index contributed by atoms with van der Waals surface area (Å²) in [7, 11) is 0. The van der Waals surface area contributed by atoms with Gasteiger partial charge in [0.2, 0.25) is 0 Å². The van der Waals surface area contributed by atoms with E-state index in [2.05, 4.69) is 0 Å². The minimum atomic E-state index is -0.222. The zero-order valence-electron chi connectivity index (χ0n) is 7.46. The highest BCUT2D eigenvalue weighted by Gasteiger charge is 2.25. The van der Waals surface area contributed by atoms with Crippen LogP contribution in [0.2, 0.25) is 0 Å². The topological polar surface area (TPSA) is 35.2 Å². The molecule has 0 amide bonds. The molecule has 0 radical (unpaired) electrons. The van der Waals surface area contributed by atoms with Crippen LogP contribution in [0.3, 0.4) is 0 Å². The Morgan fingerprint density at radius 3 is 3.08 bits per heavy atom. The van der Waals surface area contributed by atoms with Crippen molar-refractivity contribution in [2.24, 2.45) is 5.73 Å². The summed E-state index contributed by atoms with van der Waals surface area (Å²) in [6.07, 6.45) is -0.0331. The van der Waals surface area contributed by atoms with E-state index in [4.69, 9.17) is 10.5 Å². The molecule has 0 fully saturated rings. The van der Waals surface area contributed by atoms with Crippen molar-refractivity contribution in [3.8, 4) is 0 Å². The molecule has 1 aromatic carbocycles. The van der Waals surface area contributed by atoms with Gasteiger partial charge in [-0.2, -0.15) is 0 Å². The molecule has 0 saturated heterocycles. The van der Waals surface area contributed by atoms with Gasteiger partial charge in [0.05, 0.1) is 18.8 Å². The molecule has 0 aromatic heterocycles. The van der Waals surface area contributed by atoms with Crippen molar-refractivity contribution in [2.75, 3.05) is 0 Å². The maximum atomic E-state index is 13.2. The van der Waals surface area contributed by atoms with E-state index in [1.165, 1.54) is 6.07 Å².